The van der Waals surface area contributed by atoms with Gasteiger partial charge in [-0.1, -0.05) is 35.5 Å². The Morgan fingerprint density at radius 2 is 2.00 bits per heavy atom. The minimum Gasteiger partial charge on any atom is -0.382 e. The lowest BCUT2D eigenvalue weighted by Crippen LogP contribution is -2.44. The van der Waals surface area contributed by atoms with E-state index in [1.165, 1.54) is 11.3 Å². The van der Waals surface area contributed by atoms with Crippen LogP contribution in [-0.4, -0.2) is 52.9 Å². The molecule has 3 heterocycles. The molecule has 1 N–H and O–H groups in total. The van der Waals surface area contributed by atoms with Crippen molar-refractivity contribution in [2.45, 2.75) is 45.1 Å². The minimum absolute atomic E-state index is 0.218. The molecule has 8 heteroatoms. The van der Waals surface area contributed by atoms with Gasteiger partial charge in [0.05, 0.1) is 23.6 Å². The maximum Gasteiger partial charge on any atom is 0.270 e. The molecular formula is C20H24N4O3S. The fourth-order valence-electron chi connectivity index (χ4n) is 3.58. The van der Waals surface area contributed by atoms with E-state index in [2.05, 4.69) is 34.2 Å². The zero-order chi connectivity index (χ0) is 19.5. The molecule has 7 nitrogen and oxygen atoms in total. The number of aromatic nitrogens is 1. The molecule has 0 saturated carbocycles. The van der Waals surface area contributed by atoms with Gasteiger partial charge in [-0.25, -0.2) is 4.98 Å². The number of amides is 1. The number of thiazole rings is 1. The summed E-state index contributed by atoms with van der Waals surface area (Å²) < 4.78 is 5.77. The molecule has 3 atom stereocenters. The van der Waals surface area contributed by atoms with E-state index in [4.69, 9.17) is 9.57 Å². The lowest BCUT2D eigenvalue weighted by Gasteiger charge is -2.34. The fraction of sp³-hybridized carbons (Fsp3) is 0.450. The summed E-state index contributed by atoms with van der Waals surface area (Å²) >= 11 is 1.43. The number of ether oxygens (including phenoxy) is 1. The van der Waals surface area contributed by atoms with Gasteiger partial charge in [-0.05, 0) is 19.4 Å². The van der Waals surface area contributed by atoms with Crippen LogP contribution in [0, 0.1) is 0 Å². The predicted octanol–water partition coefficient (Wildman–Crippen LogP) is 2.88. The Morgan fingerprint density at radius 3 is 2.75 bits per heavy atom. The molecule has 2 aliphatic heterocycles. The van der Waals surface area contributed by atoms with E-state index in [1.807, 2.05) is 35.7 Å². The van der Waals surface area contributed by atoms with Gasteiger partial charge in [0.1, 0.15) is 0 Å². The molecule has 0 radical (unpaired) electrons. The van der Waals surface area contributed by atoms with Crippen molar-refractivity contribution < 1.29 is 14.4 Å². The lowest BCUT2D eigenvalue weighted by molar-refractivity contribution is -0.125. The van der Waals surface area contributed by atoms with Crippen LogP contribution in [0.1, 0.15) is 31.5 Å². The summed E-state index contributed by atoms with van der Waals surface area (Å²) in [5, 5.41) is 9.50. The Morgan fingerprint density at radius 1 is 1.25 bits per heavy atom. The van der Waals surface area contributed by atoms with Crippen LogP contribution in [0.15, 0.2) is 40.9 Å². The molecule has 28 heavy (non-hydrogen) atoms. The third-order valence-corrected chi connectivity index (χ3v) is 5.54. The van der Waals surface area contributed by atoms with Crippen LogP contribution >= 0.6 is 11.3 Å². The second-order valence-electron chi connectivity index (χ2n) is 7.29. The molecule has 1 saturated heterocycles. The summed E-state index contributed by atoms with van der Waals surface area (Å²) in [6.07, 6.45) is 0.278. The molecule has 3 unspecified atom stereocenters. The van der Waals surface area contributed by atoms with E-state index >= 15 is 0 Å². The monoisotopic (exact) mass is 400 g/mol. The summed E-state index contributed by atoms with van der Waals surface area (Å²) in [4.78, 5) is 24.7. The molecule has 0 aliphatic carbocycles. The van der Waals surface area contributed by atoms with E-state index < -0.39 is 6.10 Å². The van der Waals surface area contributed by atoms with Crippen LogP contribution in [-0.2, 0) is 20.9 Å². The minimum atomic E-state index is -0.622. The van der Waals surface area contributed by atoms with Gasteiger partial charge >= 0.3 is 0 Å². The Balaban J connectivity index is 1.30. The first-order valence-electron chi connectivity index (χ1n) is 9.48. The number of anilines is 1. The highest BCUT2D eigenvalue weighted by molar-refractivity contribution is 7.13. The van der Waals surface area contributed by atoms with E-state index in [-0.39, 0.29) is 18.1 Å². The van der Waals surface area contributed by atoms with Crippen molar-refractivity contribution in [2.24, 2.45) is 5.16 Å². The molecule has 148 valence electrons. The zero-order valence-electron chi connectivity index (χ0n) is 16.0. The summed E-state index contributed by atoms with van der Waals surface area (Å²) in [6, 6.07) is 9.75. The average Bonchev–Trinajstić information content (AvgIpc) is 3.31. The number of oxime groups is 1. The van der Waals surface area contributed by atoms with Gasteiger partial charge in [-0.3, -0.25) is 15.0 Å². The van der Waals surface area contributed by atoms with Crippen LogP contribution in [0.3, 0.4) is 0 Å². The predicted molar refractivity (Wildman–Crippen MR) is 108 cm³/mol. The van der Waals surface area contributed by atoms with Crippen molar-refractivity contribution in [1.29, 1.82) is 0 Å². The number of carbonyl (C=O) groups excluding carboxylic acids is 1. The molecule has 4 rings (SSSR count). The Hall–Kier alpha value is -2.29. The van der Waals surface area contributed by atoms with Crippen LogP contribution in [0.5, 0.6) is 0 Å². The molecule has 2 aliphatic rings. The second-order valence-corrected chi connectivity index (χ2v) is 8.14. The molecule has 1 amide bonds. The number of hydrogen-bond acceptors (Lipinski definition) is 7. The lowest BCUT2D eigenvalue weighted by atomic mass is 10.1. The fourth-order valence-corrected chi connectivity index (χ4v) is 4.29. The first kappa shape index (κ1) is 19.0. The van der Waals surface area contributed by atoms with Crippen molar-refractivity contribution in [1.82, 2.24) is 9.88 Å². The van der Waals surface area contributed by atoms with E-state index in [0.717, 1.165) is 36.6 Å². The van der Waals surface area contributed by atoms with Gasteiger partial charge in [0.2, 0.25) is 6.10 Å². The molecular weight excluding hydrogens is 376 g/mol. The maximum absolute atomic E-state index is 12.5. The number of hydrogen-bond donors (Lipinski definition) is 1. The third-order valence-electron chi connectivity index (χ3n) is 4.73. The van der Waals surface area contributed by atoms with Gasteiger partial charge in [0.15, 0.2) is 5.13 Å². The largest absolute Gasteiger partial charge is 0.382 e. The van der Waals surface area contributed by atoms with Gasteiger partial charge in [-0.15, -0.1) is 11.3 Å². The smallest absolute Gasteiger partial charge is 0.270 e. The third kappa shape index (κ3) is 4.57. The van der Waals surface area contributed by atoms with E-state index in [1.54, 1.807) is 0 Å². The van der Waals surface area contributed by atoms with E-state index in [0.29, 0.717) is 11.6 Å². The summed E-state index contributed by atoms with van der Waals surface area (Å²) in [7, 11) is 0. The number of nitrogens with zero attached hydrogens (tertiary/aromatic N) is 3. The average molecular weight is 401 g/mol. The SMILES string of the molecule is CC1CN(Cc2csc(NC(=O)C3CC(c4ccccc4)=NO3)n2)CC(C)O1. The van der Waals surface area contributed by atoms with Gasteiger partial charge in [0.25, 0.3) is 5.91 Å². The molecule has 1 aromatic carbocycles. The molecule has 0 spiro atoms. The summed E-state index contributed by atoms with van der Waals surface area (Å²) in [5.74, 6) is -0.218. The van der Waals surface area contributed by atoms with Gasteiger partial charge < -0.3 is 9.57 Å². The van der Waals surface area contributed by atoms with Crippen molar-refractivity contribution in [3.8, 4) is 0 Å². The quantitative estimate of drug-likeness (QED) is 0.835. The van der Waals surface area contributed by atoms with Crippen LogP contribution in [0.2, 0.25) is 0 Å². The summed E-state index contributed by atoms with van der Waals surface area (Å²) in [5.41, 5.74) is 2.72. The topological polar surface area (TPSA) is 76.1 Å². The van der Waals surface area contributed by atoms with Crippen molar-refractivity contribution in [3.05, 3.63) is 47.0 Å². The normalized spacial score (nSPS) is 25.2. The number of rotatable bonds is 5. The number of morpholine rings is 1. The number of carbonyl (C=O) groups is 1. The van der Waals surface area contributed by atoms with Gasteiger partial charge in [-0.2, -0.15) is 0 Å². The Kier molecular flexibility index (Phi) is 5.70. The molecule has 2 aromatic rings. The van der Waals surface area contributed by atoms with Crippen molar-refractivity contribution in [3.63, 3.8) is 0 Å². The molecule has 1 fully saturated rings. The first-order valence-corrected chi connectivity index (χ1v) is 10.4. The molecule has 0 bridgehead atoms. The second kappa shape index (κ2) is 8.38. The maximum atomic E-state index is 12.5. The molecule has 1 aromatic heterocycles. The van der Waals surface area contributed by atoms with Crippen LogP contribution in [0.4, 0.5) is 5.13 Å². The first-order chi connectivity index (χ1) is 13.6. The zero-order valence-corrected chi connectivity index (χ0v) is 16.8. The standard InChI is InChI=1S/C20H24N4O3S/c1-13-9-24(10-14(2)26-13)11-16-12-28-20(21-16)22-19(25)18-8-17(23-27-18)15-6-4-3-5-7-15/h3-7,12-14,18H,8-11H2,1-2H3,(H,21,22,25). The van der Waals surface area contributed by atoms with Crippen molar-refractivity contribution in [2.75, 3.05) is 18.4 Å². The van der Waals surface area contributed by atoms with Crippen molar-refractivity contribution >= 4 is 28.1 Å². The van der Waals surface area contributed by atoms with Crippen LogP contribution < -0.4 is 5.32 Å². The number of nitrogens with one attached hydrogen (secondary N) is 1. The highest BCUT2D eigenvalue weighted by atomic mass is 32.1. The highest BCUT2D eigenvalue weighted by Crippen LogP contribution is 2.22. The van der Waals surface area contributed by atoms with Crippen LogP contribution in [0.25, 0.3) is 0 Å². The van der Waals surface area contributed by atoms with E-state index in [9.17, 15) is 4.79 Å². The number of benzene rings is 1. The Bertz CT molecular complexity index is 844. The summed E-state index contributed by atoms with van der Waals surface area (Å²) in [6.45, 7) is 6.70. The Labute approximate surface area is 168 Å². The highest BCUT2D eigenvalue weighted by Gasteiger charge is 2.29. The van der Waals surface area contributed by atoms with Gasteiger partial charge in [0, 0.05) is 31.4 Å².